The van der Waals surface area contributed by atoms with Crippen LogP contribution in [0.15, 0.2) is 39.7 Å². The van der Waals surface area contributed by atoms with E-state index in [4.69, 9.17) is 4.42 Å². The summed E-state index contributed by atoms with van der Waals surface area (Å²) in [5.74, 6) is 0.892. The van der Waals surface area contributed by atoms with Gasteiger partial charge in [-0.05, 0) is 46.6 Å². The van der Waals surface area contributed by atoms with Crippen LogP contribution in [0.1, 0.15) is 11.3 Å². The number of hydrogen-bond donors (Lipinski definition) is 1. The number of nitrogens with zero attached hydrogens (tertiary/aromatic N) is 1. The molecule has 0 aromatic carbocycles. The van der Waals surface area contributed by atoms with Crippen LogP contribution < -0.4 is 5.32 Å². The van der Waals surface area contributed by atoms with Gasteiger partial charge in [-0.25, -0.2) is 0 Å². The van der Waals surface area contributed by atoms with Crippen molar-refractivity contribution in [3.63, 3.8) is 0 Å². The molecule has 0 saturated heterocycles. The fourth-order valence-electron chi connectivity index (χ4n) is 1.29. The van der Waals surface area contributed by atoms with Crippen molar-refractivity contribution in [3.05, 3.63) is 46.6 Å². The summed E-state index contributed by atoms with van der Waals surface area (Å²) < 4.78 is 6.12. The molecule has 0 unspecified atom stereocenters. The second-order valence-electron chi connectivity index (χ2n) is 3.31. The fraction of sp³-hybridized carbons (Fsp3) is 0.182. The van der Waals surface area contributed by atoms with E-state index in [-0.39, 0.29) is 0 Å². The zero-order chi connectivity index (χ0) is 10.7. The highest BCUT2D eigenvalue weighted by Gasteiger charge is 1.99. The van der Waals surface area contributed by atoms with Crippen LogP contribution in [0.25, 0.3) is 0 Å². The molecule has 0 amide bonds. The minimum atomic E-state index is 0.663. The zero-order valence-electron chi connectivity index (χ0n) is 8.33. The van der Waals surface area contributed by atoms with E-state index in [1.165, 1.54) is 0 Å². The Morgan fingerprint density at radius 3 is 2.93 bits per heavy atom. The van der Waals surface area contributed by atoms with Gasteiger partial charge < -0.3 is 9.73 Å². The van der Waals surface area contributed by atoms with Crippen LogP contribution in [0.3, 0.4) is 0 Å². The largest absolute Gasteiger partial charge is 0.452 e. The predicted molar refractivity (Wildman–Crippen MR) is 62.7 cm³/mol. The molecule has 2 rings (SSSR count). The lowest BCUT2D eigenvalue weighted by Crippen LogP contribution is -1.98. The lowest BCUT2D eigenvalue weighted by Gasteiger charge is -2.03. The molecule has 2 heterocycles. The summed E-state index contributed by atoms with van der Waals surface area (Å²) in [6.07, 6.45) is 3.62. The Morgan fingerprint density at radius 1 is 1.40 bits per heavy atom. The van der Waals surface area contributed by atoms with Crippen LogP contribution in [0.5, 0.6) is 0 Å². The molecule has 2 aromatic rings. The summed E-state index contributed by atoms with van der Waals surface area (Å²) in [6, 6.07) is 5.86. The second kappa shape index (κ2) is 4.49. The van der Waals surface area contributed by atoms with E-state index >= 15 is 0 Å². The quantitative estimate of drug-likeness (QED) is 0.926. The van der Waals surface area contributed by atoms with Gasteiger partial charge in [-0.3, -0.25) is 4.98 Å². The van der Waals surface area contributed by atoms with Gasteiger partial charge in [0.2, 0.25) is 0 Å². The van der Waals surface area contributed by atoms with E-state index in [9.17, 15) is 0 Å². The van der Waals surface area contributed by atoms with Gasteiger partial charge in [0.25, 0.3) is 0 Å². The number of anilines is 1. The summed E-state index contributed by atoms with van der Waals surface area (Å²) >= 11 is 3.26. The third kappa shape index (κ3) is 2.83. The Bertz CT molecular complexity index is 453. The van der Waals surface area contributed by atoms with Gasteiger partial charge in [0.1, 0.15) is 5.76 Å². The molecule has 2 aromatic heterocycles. The van der Waals surface area contributed by atoms with Gasteiger partial charge in [-0.2, -0.15) is 0 Å². The topological polar surface area (TPSA) is 38.1 Å². The fourth-order valence-corrected chi connectivity index (χ4v) is 1.63. The molecule has 78 valence electrons. The van der Waals surface area contributed by atoms with Crippen molar-refractivity contribution in [2.45, 2.75) is 13.5 Å². The highest BCUT2D eigenvalue weighted by atomic mass is 79.9. The second-order valence-corrected chi connectivity index (χ2v) is 4.09. The Balaban J connectivity index is 1.99. The molecule has 0 spiro atoms. The van der Waals surface area contributed by atoms with Gasteiger partial charge in [0.05, 0.1) is 12.2 Å². The first kappa shape index (κ1) is 10.2. The van der Waals surface area contributed by atoms with Gasteiger partial charge in [0.15, 0.2) is 4.67 Å². The maximum absolute atomic E-state index is 5.37. The predicted octanol–water partition coefficient (Wildman–Crippen LogP) is 3.36. The number of hydrogen-bond acceptors (Lipinski definition) is 3. The molecular formula is C11H11BrN2O. The summed E-state index contributed by atoms with van der Waals surface area (Å²) in [6.45, 7) is 2.68. The zero-order valence-corrected chi connectivity index (χ0v) is 9.91. The van der Waals surface area contributed by atoms with Crippen LogP contribution >= 0.6 is 15.9 Å². The van der Waals surface area contributed by atoms with Crippen molar-refractivity contribution < 1.29 is 4.42 Å². The number of rotatable bonds is 3. The maximum Gasteiger partial charge on any atom is 0.169 e. The van der Waals surface area contributed by atoms with Gasteiger partial charge in [-0.15, -0.1) is 0 Å². The standard InChI is InChI=1S/C11H11BrN2O/c1-8-4-9(6-13-5-8)14-7-10-2-3-11(12)15-10/h2-6,14H,7H2,1H3. The van der Waals surface area contributed by atoms with Crippen LogP contribution in [0.2, 0.25) is 0 Å². The summed E-state index contributed by atoms with van der Waals surface area (Å²) in [4.78, 5) is 4.10. The van der Waals surface area contributed by atoms with Crippen molar-refractivity contribution in [3.8, 4) is 0 Å². The molecule has 0 aliphatic rings. The summed E-state index contributed by atoms with van der Waals surface area (Å²) in [5.41, 5.74) is 2.14. The van der Waals surface area contributed by atoms with E-state index < -0.39 is 0 Å². The van der Waals surface area contributed by atoms with E-state index in [0.717, 1.165) is 21.7 Å². The molecule has 0 fully saturated rings. The Morgan fingerprint density at radius 2 is 2.27 bits per heavy atom. The first-order valence-electron chi connectivity index (χ1n) is 4.64. The van der Waals surface area contributed by atoms with Crippen molar-refractivity contribution in [1.29, 1.82) is 0 Å². The van der Waals surface area contributed by atoms with Crippen LogP contribution in [0.4, 0.5) is 5.69 Å². The van der Waals surface area contributed by atoms with Crippen molar-refractivity contribution in [1.82, 2.24) is 4.98 Å². The number of pyridine rings is 1. The van der Waals surface area contributed by atoms with Crippen LogP contribution in [-0.2, 0) is 6.54 Å². The average Bonchev–Trinajstić information content (AvgIpc) is 2.62. The minimum absolute atomic E-state index is 0.663. The normalized spacial score (nSPS) is 10.3. The molecule has 0 radical (unpaired) electrons. The SMILES string of the molecule is Cc1cncc(NCc2ccc(Br)o2)c1. The van der Waals surface area contributed by atoms with E-state index in [1.807, 2.05) is 31.3 Å². The highest BCUT2D eigenvalue weighted by Crippen LogP contribution is 2.15. The Labute approximate surface area is 96.6 Å². The first-order chi connectivity index (χ1) is 7.24. The van der Waals surface area contributed by atoms with Gasteiger partial charge in [0, 0.05) is 12.4 Å². The molecule has 4 heteroatoms. The van der Waals surface area contributed by atoms with Gasteiger partial charge >= 0.3 is 0 Å². The molecule has 3 nitrogen and oxygen atoms in total. The molecule has 15 heavy (non-hydrogen) atoms. The summed E-state index contributed by atoms with van der Waals surface area (Å²) in [7, 11) is 0. The van der Waals surface area contributed by atoms with E-state index in [0.29, 0.717) is 6.54 Å². The monoisotopic (exact) mass is 266 g/mol. The van der Waals surface area contributed by atoms with Gasteiger partial charge in [-0.1, -0.05) is 0 Å². The average molecular weight is 267 g/mol. The number of aromatic nitrogens is 1. The van der Waals surface area contributed by atoms with Crippen molar-refractivity contribution >= 4 is 21.6 Å². The molecule has 0 atom stereocenters. The van der Waals surface area contributed by atoms with Crippen LogP contribution in [-0.4, -0.2) is 4.98 Å². The highest BCUT2D eigenvalue weighted by molar-refractivity contribution is 9.10. The maximum atomic E-state index is 5.37. The van der Waals surface area contributed by atoms with Crippen LogP contribution in [0, 0.1) is 6.92 Å². The van der Waals surface area contributed by atoms with Crippen molar-refractivity contribution in [2.24, 2.45) is 0 Å². The molecular weight excluding hydrogens is 256 g/mol. The number of furan rings is 1. The minimum Gasteiger partial charge on any atom is -0.452 e. The van der Waals surface area contributed by atoms with Crippen molar-refractivity contribution in [2.75, 3.05) is 5.32 Å². The third-order valence-corrected chi connectivity index (χ3v) is 2.40. The lowest BCUT2D eigenvalue weighted by atomic mass is 10.3. The smallest absolute Gasteiger partial charge is 0.169 e. The number of aryl methyl sites for hydroxylation is 1. The number of nitrogens with one attached hydrogen (secondary N) is 1. The third-order valence-electron chi connectivity index (χ3n) is 1.97. The molecule has 1 N–H and O–H groups in total. The van der Waals surface area contributed by atoms with E-state index in [1.54, 1.807) is 6.20 Å². The Kier molecular flexibility index (Phi) is 3.06. The van der Waals surface area contributed by atoms with E-state index in [2.05, 4.69) is 26.2 Å². The summed E-state index contributed by atoms with van der Waals surface area (Å²) in [5, 5.41) is 3.24. The first-order valence-corrected chi connectivity index (χ1v) is 5.43. The number of halogens is 1. The molecule has 0 aliphatic heterocycles. The molecule has 0 aliphatic carbocycles. The lowest BCUT2D eigenvalue weighted by molar-refractivity contribution is 0.495. The molecule has 0 bridgehead atoms. The molecule has 0 saturated carbocycles. The Hall–Kier alpha value is -1.29.